The third-order valence-corrected chi connectivity index (χ3v) is 6.77. The van der Waals surface area contributed by atoms with E-state index in [-0.39, 0.29) is 24.2 Å². The van der Waals surface area contributed by atoms with Gasteiger partial charge in [0.1, 0.15) is 11.6 Å². The number of piperazine rings is 1. The highest BCUT2D eigenvalue weighted by Crippen LogP contribution is 2.33. The lowest BCUT2D eigenvalue weighted by Gasteiger charge is -2.46. The molecule has 1 saturated heterocycles. The van der Waals surface area contributed by atoms with Crippen LogP contribution in [0.5, 0.6) is 0 Å². The number of nitrogens with two attached hydrogens (primary N) is 1. The van der Waals surface area contributed by atoms with Gasteiger partial charge in [-0.3, -0.25) is 0 Å². The van der Waals surface area contributed by atoms with E-state index in [1.165, 1.54) is 5.56 Å². The molecule has 0 amide bonds. The molecule has 2 N–H and O–H groups in total. The molecule has 0 aliphatic carbocycles. The van der Waals surface area contributed by atoms with Crippen molar-refractivity contribution < 1.29 is 4.39 Å². The highest BCUT2D eigenvalue weighted by Gasteiger charge is 2.30. The third kappa shape index (κ3) is 5.05. The average Bonchev–Trinajstić information content (AvgIpc) is 3.18. The summed E-state index contributed by atoms with van der Waals surface area (Å²) in [6.07, 6.45) is 9.17. The molecule has 2 aliphatic rings. The van der Waals surface area contributed by atoms with Crippen molar-refractivity contribution in [1.29, 1.82) is 0 Å². The number of aryl methyl sites for hydroxylation is 1. The number of hydrogen-bond acceptors (Lipinski definition) is 7. The number of nitrogen functional groups attached to an aromatic ring is 1. The predicted molar refractivity (Wildman–Crippen MR) is 140 cm³/mol. The van der Waals surface area contributed by atoms with Crippen LogP contribution in [0, 0.1) is 12.7 Å². The first-order valence-electron chi connectivity index (χ1n) is 11.7. The van der Waals surface area contributed by atoms with E-state index in [4.69, 9.17) is 5.73 Å². The molecule has 0 spiro atoms. The van der Waals surface area contributed by atoms with Crippen molar-refractivity contribution >= 4 is 29.9 Å². The zero-order valence-corrected chi connectivity index (χ0v) is 21.2. The molecule has 10 heteroatoms. The van der Waals surface area contributed by atoms with Crippen LogP contribution in [0.15, 0.2) is 42.7 Å². The van der Waals surface area contributed by atoms with Crippen molar-refractivity contribution in [2.75, 3.05) is 49.3 Å². The van der Waals surface area contributed by atoms with Gasteiger partial charge in [-0.1, -0.05) is 12.1 Å². The van der Waals surface area contributed by atoms with Gasteiger partial charge >= 0.3 is 0 Å². The van der Waals surface area contributed by atoms with E-state index < -0.39 is 0 Å². The summed E-state index contributed by atoms with van der Waals surface area (Å²) in [5, 5.41) is 4.54. The van der Waals surface area contributed by atoms with Gasteiger partial charge in [0.25, 0.3) is 0 Å². The number of benzene rings is 1. The minimum absolute atomic E-state index is 0. The van der Waals surface area contributed by atoms with E-state index in [2.05, 4.69) is 37.1 Å². The van der Waals surface area contributed by atoms with Crippen LogP contribution in [-0.2, 0) is 12.8 Å². The zero-order valence-electron chi connectivity index (χ0n) is 20.4. The molecule has 2 aromatic heterocycles. The van der Waals surface area contributed by atoms with Crippen LogP contribution in [0.4, 0.5) is 21.8 Å². The number of halogens is 2. The van der Waals surface area contributed by atoms with Crippen LogP contribution >= 0.6 is 12.4 Å². The Hall–Kier alpha value is -3.33. The number of allylic oxidation sites excluding steroid dienone is 1. The summed E-state index contributed by atoms with van der Waals surface area (Å²) in [6.45, 7) is 4.83. The van der Waals surface area contributed by atoms with E-state index in [1.807, 2.05) is 48.9 Å². The number of fused-ring (bicyclic) bond motifs is 3. The minimum atomic E-state index is -0.153. The van der Waals surface area contributed by atoms with E-state index in [1.54, 1.807) is 12.1 Å². The quantitative estimate of drug-likeness (QED) is 0.577. The van der Waals surface area contributed by atoms with Crippen LogP contribution < -0.4 is 15.5 Å². The van der Waals surface area contributed by atoms with Crippen molar-refractivity contribution in [3.63, 3.8) is 0 Å². The average molecular weight is 499 g/mol. The van der Waals surface area contributed by atoms with Crippen LogP contribution in [0.25, 0.3) is 5.82 Å². The second kappa shape index (κ2) is 10.1. The van der Waals surface area contributed by atoms with Crippen LogP contribution in [0.3, 0.4) is 0 Å². The molecule has 0 bridgehead atoms. The van der Waals surface area contributed by atoms with Gasteiger partial charge < -0.3 is 20.4 Å². The molecule has 5 rings (SSSR count). The summed E-state index contributed by atoms with van der Waals surface area (Å²) in [5.74, 6) is 1.48. The Labute approximate surface area is 211 Å². The second-order valence-electron chi connectivity index (χ2n) is 9.25. The van der Waals surface area contributed by atoms with Crippen molar-refractivity contribution in [2.45, 2.75) is 32.2 Å². The molecule has 35 heavy (non-hydrogen) atoms. The van der Waals surface area contributed by atoms with Crippen LogP contribution in [0.2, 0.25) is 0 Å². The fourth-order valence-electron chi connectivity index (χ4n) is 4.90. The third-order valence-electron chi connectivity index (χ3n) is 6.77. The molecular weight excluding hydrogens is 467 g/mol. The maximum absolute atomic E-state index is 13.8. The fourth-order valence-corrected chi connectivity index (χ4v) is 4.90. The minimum Gasteiger partial charge on any atom is -0.374 e. The largest absolute Gasteiger partial charge is 0.374 e. The normalized spacial score (nSPS) is 17.2. The highest BCUT2D eigenvalue weighted by atomic mass is 35.5. The van der Waals surface area contributed by atoms with E-state index in [0.29, 0.717) is 11.9 Å². The van der Waals surface area contributed by atoms with Gasteiger partial charge in [-0.25, -0.2) is 9.07 Å². The lowest BCUT2D eigenvalue weighted by atomic mass is 9.94. The van der Waals surface area contributed by atoms with Gasteiger partial charge in [0.2, 0.25) is 5.95 Å². The zero-order chi connectivity index (χ0) is 23.8. The highest BCUT2D eigenvalue weighted by molar-refractivity contribution is 5.85. The molecule has 3 aromatic rings. The Kier molecular flexibility index (Phi) is 7.16. The Morgan fingerprint density at radius 2 is 2.03 bits per heavy atom. The monoisotopic (exact) mass is 498 g/mol. The summed E-state index contributed by atoms with van der Waals surface area (Å²) >= 11 is 0. The van der Waals surface area contributed by atoms with Crippen molar-refractivity contribution in [2.24, 2.45) is 0 Å². The molecule has 0 saturated carbocycles. The molecule has 1 aromatic carbocycles. The maximum atomic E-state index is 13.8. The SMILES string of the molecule is Cc1c(CC=CN2CCN3c4cc(F)ccc4CCC3C2)cnn1-c1cc(N(C)C)nc(N)n1.Cl. The summed E-state index contributed by atoms with van der Waals surface area (Å²) in [6, 6.07) is 7.51. The van der Waals surface area contributed by atoms with Crippen molar-refractivity contribution in [3.8, 4) is 5.82 Å². The Bertz CT molecular complexity index is 1220. The standard InChI is InChI=1S/C25H31FN8.ClH/c1-17-19(15-28-34(17)24-14-23(31(2)3)29-25(27)30-24)5-4-10-32-11-12-33-21(16-32)9-7-18-6-8-20(26)13-22(18)33;/h4,6,8,10,13-15,21H,5,7,9,11-12,16H2,1-3H3,(H2,27,29,30);1H. The van der Waals surface area contributed by atoms with E-state index in [0.717, 1.165) is 61.7 Å². The molecule has 1 unspecified atom stereocenters. The Morgan fingerprint density at radius 1 is 1.20 bits per heavy atom. The number of hydrogen-bond donors (Lipinski definition) is 1. The summed E-state index contributed by atoms with van der Waals surface area (Å²) in [4.78, 5) is 15.3. The fraction of sp³-hybridized carbons (Fsp3) is 0.400. The lowest BCUT2D eigenvalue weighted by Crippen LogP contribution is -2.53. The molecule has 2 aliphatic heterocycles. The Balaban J connectivity index is 0.00000289. The van der Waals surface area contributed by atoms with Gasteiger partial charge in [-0.05, 0) is 55.6 Å². The van der Waals surface area contributed by atoms with Crippen LogP contribution in [-0.4, -0.2) is 64.4 Å². The topological polar surface area (TPSA) is 79.3 Å². The van der Waals surface area contributed by atoms with Crippen molar-refractivity contribution in [1.82, 2.24) is 24.6 Å². The smallest absolute Gasteiger partial charge is 0.224 e. The number of anilines is 3. The van der Waals surface area contributed by atoms with Gasteiger partial charge in [0, 0.05) is 57.2 Å². The lowest BCUT2D eigenvalue weighted by molar-refractivity contribution is 0.282. The van der Waals surface area contributed by atoms with Gasteiger partial charge in [-0.15, -0.1) is 12.4 Å². The first kappa shape index (κ1) is 24.8. The summed E-state index contributed by atoms with van der Waals surface area (Å²) in [5.41, 5.74) is 10.4. The van der Waals surface area contributed by atoms with E-state index >= 15 is 0 Å². The maximum Gasteiger partial charge on any atom is 0.224 e. The predicted octanol–water partition coefficient (Wildman–Crippen LogP) is 3.37. The molecule has 8 nitrogen and oxygen atoms in total. The van der Waals surface area contributed by atoms with Gasteiger partial charge in [0.05, 0.1) is 6.20 Å². The van der Waals surface area contributed by atoms with Gasteiger partial charge in [-0.2, -0.15) is 15.1 Å². The molecule has 0 radical (unpaired) electrons. The van der Waals surface area contributed by atoms with Gasteiger partial charge in [0.15, 0.2) is 5.82 Å². The number of aromatic nitrogens is 4. The number of rotatable bonds is 5. The van der Waals surface area contributed by atoms with Crippen molar-refractivity contribution in [3.05, 3.63) is 65.4 Å². The van der Waals surface area contributed by atoms with E-state index in [9.17, 15) is 4.39 Å². The number of nitrogens with zero attached hydrogens (tertiary/aromatic N) is 7. The Morgan fingerprint density at radius 3 is 2.83 bits per heavy atom. The summed E-state index contributed by atoms with van der Waals surface area (Å²) in [7, 11) is 3.84. The first-order valence-corrected chi connectivity index (χ1v) is 11.7. The molecular formula is C25H32ClFN8. The molecule has 1 fully saturated rings. The summed E-state index contributed by atoms with van der Waals surface area (Å²) < 4.78 is 15.6. The first-order chi connectivity index (χ1) is 16.4. The molecule has 4 heterocycles. The molecule has 1 atom stereocenters. The van der Waals surface area contributed by atoms with Crippen LogP contribution in [0.1, 0.15) is 23.2 Å². The second-order valence-corrected chi connectivity index (χ2v) is 9.25. The molecule has 186 valence electrons.